The molecule has 0 saturated carbocycles. The highest BCUT2D eigenvalue weighted by Crippen LogP contribution is 2.40. The number of benzene rings is 5. The zero-order valence-electron chi connectivity index (χ0n) is 23.4. The van der Waals surface area contributed by atoms with Gasteiger partial charge in [0.15, 0.2) is 11.6 Å². The van der Waals surface area contributed by atoms with Gasteiger partial charge in [-0.1, -0.05) is 153 Å². The molecule has 0 saturated heterocycles. The third-order valence-electron chi connectivity index (χ3n) is 7.92. The highest BCUT2D eigenvalue weighted by atomic mass is 15.2. The van der Waals surface area contributed by atoms with Crippen molar-refractivity contribution in [2.45, 2.75) is 18.9 Å². The van der Waals surface area contributed by atoms with Crippen molar-refractivity contribution >= 4 is 17.1 Å². The number of rotatable bonds is 6. The molecular weight excluding hydrogens is 512 g/mol. The molecule has 202 valence electrons. The Morgan fingerprint density at radius 2 is 1.02 bits per heavy atom. The van der Waals surface area contributed by atoms with Crippen LogP contribution in [-0.2, 0) is 12.0 Å². The Morgan fingerprint density at radius 3 is 1.62 bits per heavy atom. The topological polar surface area (TPSA) is 49.1 Å². The van der Waals surface area contributed by atoms with Crippen LogP contribution in [0.25, 0.3) is 0 Å². The van der Waals surface area contributed by atoms with Crippen molar-refractivity contribution in [1.29, 1.82) is 0 Å². The molecule has 5 aromatic rings. The van der Waals surface area contributed by atoms with Gasteiger partial charge in [-0.15, -0.1) is 0 Å². The quantitative estimate of drug-likeness (QED) is 0.235. The summed E-state index contributed by atoms with van der Waals surface area (Å²) in [5, 5.41) is 3.86. The summed E-state index contributed by atoms with van der Waals surface area (Å²) in [5.74, 6) is 1.23. The van der Waals surface area contributed by atoms with Gasteiger partial charge in [-0.2, -0.15) is 0 Å². The van der Waals surface area contributed by atoms with E-state index in [-0.39, 0.29) is 0 Å². The minimum atomic E-state index is -0.728. The second-order valence-electron chi connectivity index (χ2n) is 10.4. The third kappa shape index (κ3) is 4.38. The van der Waals surface area contributed by atoms with Gasteiger partial charge in [0.1, 0.15) is 5.54 Å². The number of nitrogens with zero attached hydrogens (tertiary/aromatic N) is 3. The standard InChI is InChI=1S/C38H30N4/c1-2-27-17-15-16-26-32(27)34-33(28-18-7-3-8-19-28)39-36(40-34)37-41-35(29-20-9-4-10-21-29)38(42-37,30-22-11-5-12-23-30)31-24-13-6-14-25-31/h3-26,42H,2H2,1H3. The lowest BCUT2D eigenvalue weighted by Crippen LogP contribution is -2.45. The molecule has 7 rings (SSSR count). The van der Waals surface area contributed by atoms with Gasteiger partial charge in [0.05, 0.1) is 17.1 Å². The van der Waals surface area contributed by atoms with Crippen LogP contribution in [0.15, 0.2) is 172 Å². The number of aliphatic imine (C=N–C) groups is 3. The second-order valence-corrected chi connectivity index (χ2v) is 10.4. The van der Waals surface area contributed by atoms with Crippen LogP contribution in [0.2, 0.25) is 0 Å². The molecule has 5 aromatic carbocycles. The Bertz CT molecular complexity index is 1810. The molecular formula is C38H30N4. The largest absolute Gasteiger partial charge is 0.348 e. The molecule has 1 N–H and O–H groups in total. The molecule has 0 fully saturated rings. The van der Waals surface area contributed by atoms with Crippen molar-refractivity contribution in [3.63, 3.8) is 0 Å². The van der Waals surface area contributed by atoms with Gasteiger partial charge in [0.25, 0.3) is 0 Å². The molecule has 0 atom stereocenters. The zero-order valence-corrected chi connectivity index (χ0v) is 23.4. The fourth-order valence-corrected chi connectivity index (χ4v) is 5.90. The van der Waals surface area contributed by atoms with Crippen molar-refractivity contribution in [2.75, 3.05) is 0 Å². The van der Waals surface area contributed by atoms with Gasteiger partial charge in [-0.3, -0.25) is 0 Å². The van der Waals surface area contributed by atoms with E-state index in [0.717, 1.165) is 51.4 Å². The van der Waals surface area contributed by atoms with Crippen molar-refractivity contribution in [1.82, 2.24) is 5.32 Å². The van der Waals surface area contributed by atoms with Gasteiger partial charge >= 0.3 is 0 Å². The fourth-order valence-electron chi connectivity index (χ4n) is 5.90. The summed E-state index contributed by atoms with van der Waals surface area (Å²) in [6.45, 7) is 2.18. The monoisotopic (exact) mass is 542 g/mol. The maximum absolute atomic E-state index is 5.32. The van der Waals surface area contributed by atoms with Crippen LogP contribution in [0.4, 0.5) is 0 Å². The lowest BCUT2D eigenvalue weighted by Gasteiger charge is -2.33. The summed E-state index contributed by atoms with van der Waals surface area (Å²) in [5.41, 5.74) is 8.51. The highest BCUT2D eigenvalue weighted by Gasteiger charge is 2.46. The van der Waals surface area contributed by atoms with Gasteiger partial charge in [-0.25, -0.2) is 15.0 Å². The van der Waals surface area contributed by atoms with E-state index in [1.165, 1.54) is 5.56 Å². The first-order chi connectivity index (χ1) is 20.8. The molecule has 0 aliphatic carbocycles. The van der Waals surface area contributed by atoms with Gasteiger partial charge in [0, 0.05) is 11.1 Å². The molecule has 0 spiro atoms. The molecule has 2 aliphatic rings. The highest BCUT2D eigenvalue weighted by molar-refractivity contribution is 6.55. The maximum atomic E-state index is 5.32. The number of aryl methyl sites for hydroxylation is 1. The minimum absolute atomic E-state index is 0.580. The Morgan fingerprint density at radius 1 is 0.524 bits per heavy atom. The predicted molar refractivity (Wildman–Crippen MR) is 172 cm³/mol. The van der Waals surface area contributed by atoms with E-state index >= 15 is 0 Å². The Labute approximate surface area is 246 Å². The first-order valence-corrected chi connectivity index (χ1v) is 14.4. The van der Waals surface area contributed by atoms with Crippen LogP contribution in [0.1, 0.15) is 40.3 Å². The average molecular weight is 543 g/mol. The summed E-state index contributed by atoms with van der Waals surface area (Å²) >= 11 is 0. The van der Waals surface area contributed by atoms with Crippen LogP contribution in [-0.4, -0.2) is 17.1 Å². The number of hydrogen-bond donors (Lipinski definition) is 1. The lowest BCUT2D eigenvalue weighted by atomic mass is 9.77. The second kappa shape index (κ2) is 10.9. The van der Waals surface area contributed by atoms with E-state index in [1.54, 1.807) is 0 Å². The molecule has 0 amide bonds. The van der Waals surface area contributed by atoms with E-state index in [1.807, 2.05) is 36.4 Å². The average Bonchev–Trinajstić information content (AvgIpc) is 3.70. The van der Waals surface area contributed by atoms with Crippen LogP contribution in [0.3, 0.4) is 0 Å². The van der Waals surface area contributed by atoms with E-state index in [0.29, 0.717) is 11.6 Å². The van der Waals surface area contributed by atoms with Crippen molar-refractivity contribution in [3.8, 4) is 0 Å². The van der Waals surface area contributed by atoms with E-state index < -0.39 is 5.54 Å². The van der Waals surface area contributed by atoms with E-state index in [9.17, 15) is 0 Å². The molecule has 4 heteroatoms. The van der Waals surface area contributed by atoms with E-state index in [4.69, 9.17) is 15.0 Å². The van der Waals surface area contributed by atoms with Crippen molar-refractivity contribution in [3.05, 3.63) is 191 Å². The van der Waals surface area contributed by atoms with Gasteiger partial charge in [0.2, 0.25) is 0 Å². The Hall–Kier alpha value is -5.35. The maximum Gasteiger partial charge on any atom is 0.196 e. The Balaban J connectivity index is 1.49. The molecule has 2 heterocycles. The molecule has 0 unspecified atom stereocenters. The fraction of sp³-hybridized carbons (Fsp3) is 0.0789. The molecule has 4 nitrogen and oxygen atoms in total. The van der Waals surface area contributed by atoms with Gasteiger partial charge < -0.3 is 5.32 Å². The molecule has 0 radical (unpaired) electrons. The van der Waals surface area contributed by atoms with Crippen LogP contribution in [0, 0.1) is 0 Å². The predicted octanol–water partition coefficient (Wildman–Crippen LogP) is 7.70. The summed E-state index contributed by atoms with van der Waals surface area (Å²) in [6, 6.07) is 50.2. The van der Waals surface area contributed by atoms with Gasteiger partial charge in [-0.05, 0) is 28.7 Å². The van der Waals surface area contributed by atoms with Crippen LogP contribution in [0.5, 0.6) is 0 Å². The smallest absolute Gasteiger partial charge is 0.196 e. The SMILES string of the molecule is CCc1ccccc1C1=NC(=C2N=C(c3ccccc3)C(c3ccccc3)(c3ccccc3)N2)N=C1c1ccccc1. The molecule has 0 bridgehead atoms. The van der Waals surface area contributed by atoms with Crippen molar-refractivity contribution < 1.29 is 0 Å². The normalized spacial score (nSPS) is 17.3. The minimum Gasteiger partial charge on any atom is -0.348 e. The first kappa shape index (κ1) is 25.6. The number of hydrogen-bond acceptors (Lipinski definition) is 4. The molecule has 0 aromatic heterocycles. The summed E-state index contributed by atoms with van der Waals surface area (Å²) < 4.78 is 0. The lowest BCUT2D eigenvalue weighted by molar-refractivity contribution is 0.611. The third-order valence-corrected chi connectivity index (χ3v) is 7.92. The summed E-state index contributed by atoms with van der Waals surface area (Å²) in [4.78, 5) is 15.7. The van der Waals surface area contributed by atoms with Crippen LogP contribution >= 0.6 is 0 Å². The zero-order chi connectivity index (χ0) is 28.4. The Kier molecular flexibility index (Phi) is 6.65. The molecule has 2 aliphatic heterocycles. The summed E-state index contributed by atoms with van der Waals surface area (Å²) in [6.07, 6.45) is 0.906. The van der Waals surface area contributed by atoms with Crippen LogP contribution < -0.4 is 5.32 Å². The molecule has 42 heavy (non-hydrogen) atoms. The first-order valence-electron chi connectivity index (χ1n) is 14.4. The summed E-state index contributed by atoms with van der Waals surface area (Å²) in [7, 11) is 0. The van der Waals surface area contributed by atoms with Crippen molar-refractivity contribution in [2.24, 2.45) is 15.0 Å². The number of nitrogens with one attached hydrogen (secondary N) is 1. The van der Waals surface area contributed by atoms with E-state index in [2.05, 4.69) is 121 Å².